The van der Waals surface area contributed by atoms with Crippen LogP contribution in [0.2, 0.25) is 0 Å². The first-order chi connectivity index (χ1) is 11.8. The van der Waals surface area contributed by atoms with E-state index in [-0.39, 0.29) is 0 Å². The fourth-order valence-electron chi connectivity index (χ4n) is 3.33. The van der Waals surface area contributed by atoms with Crippen LogP contribution in [-0.4, -0.2) is 15.2 Å². The molecular formula is C20H15N3O. The second-order valence-electron chi connectivity index (χ2n) is 6.01. The van der Waals surface area contributed by atoms with Gasteiger partial charge in [0.2, 0.25) is 0 Å². The van der Waals surface area contributed by atoms with Crippen molar-refractivity contribution in [2.75, 3.05) is 0 Å². The van der Waals surface area contributed by atoms with E-state index in [1.54, 1.807) is 0 Å². The maximum Gasteiger partial charge on any atom is 0.135 e. The van der Waals surface area contributed by atoms with Gasteiger partial charge in [-0.05, 0) is 54.4 Å². The molecule has 0 amide bonds. The first-order valence-electron chi connectivity index (χ1n) is 7.90. The molecule has 0 aliphatic rings. The number of fused-ring (bicyclic) bond motifs is 2. The van der Waals surface area contributed by atoms with E-state index in [0.717, 1.165) is 39.1 Å². The Bertz CT molecular complexity index is 1180. The lowest BCUT2D eigenvalue weighted by Gasteiger charge is -2.08. The Balaban J connectivity index is 1.82. The molecule has 4 heteroatoms. The summed E-state index contributed by atoms with van der Waals surface area (Å²) in [6, 6.07) is 16.7. The van der Waals surface area contributed by atoms with Crippen molar-refractivity contribution in [3.05, 3.63) is 66.7 Å². The maximum atomic E-state index is 5.86. The highest BCUT2D eigenvalue weighted by atomic mass is 16.3. The molecule has 5 rings (SSSR count). The molecule has 116 valence electrons. The topological polar surface area (TPSA) is 57.6 Å². The second kappa shape index (κ2) is 4.86. The van der Waals surface area contributed by atoms with Crippen molar-refractivity contribution in [2.45, 2.75) is 6.92 Å². The zero-order valence-corrected chi connectivity index (χ0v) is 13.1. The number of aromatic nitrogens is 3. The van der Waals surface area contributed by atoms with Gasteiger partial charge in [0, 0.05) is 28.0 Å². The summed E-state index contributed by atoms with van der Waals surface area (Å²) in [5.74, 6) is 1.77. The van der Waals surface area contributed by atoms with Gasteiger partial charge >= 0.3 is 0 Å². The van der Waals surface area contributed by atoms with Crippen LogP contribution in [0.1, 0.15) is 5.76 Å². The van der Waals surface area contributed by atoms with Gasteiger partial charge in [-0.3, -0.25) is 5.10 Å². The smallest absolute Gasteiger partial charge is 0.135 e. The van der Waals surface area contributed by atoms with E-state index in [1.807, 2.05) is 31.5 Å². The minimum atomic E-state index is 0.863. The van der Waals surface area contributed by atoms with Crippen molar-refractivity contribution in [1.29, 1.82) is 0 Å². The molecule has 0 unspecified atom stereocenters. The SMILES string of the molecule is Cc1ccc(-c2cc(-c3cccc4[nH]ccc34)cc3[nH]ncc23)o1. The molecular weight excluding hydrogens is 298 g/mol. The minimum absolute atomic E-state index is 0.863. The van der Waals surface area contributed by atoms with E-state index in [2.05, 4.69) is 51.6 Å². The molecule has 3 aromatic heterocycles. The van der Waals surface area contributed by atoms with E-state index in [4.69, 9.17) is 4.42 Å². The van der Waals surface area contributed by atoms with Crippen molar-refractivity contribution in [3.63, 3.8) is 0 Å². The minimum Gasteiger partial charge on any atom is -0.461 e. The summed E-state index contributed by atoms with van der Waals surface area (Å²) in [6.45, 7) is 1.96. The molecule has 0 spiro atoms. The third-order valence-electron chi connectivity index (χ3n) is 4.47. The van der Waals surface area contributed by atoms with Gasteiger partial charge in [-0.25, -0.2) is 0 Å². The third kappa shape index (κ3) is 1.90. The molecule has 0 aliphatic carbocycles. The number of hydrogen-bond donors (Lipinski definition) is 2. The van der Waals surface area contributed by atoms with E-state index in [0.29, 0.717) is 0 Å². The molecule has 0 saturated heterocycles. The van der Waals surface area contributed by atoms with Crippen molar-refractivity contribution in [2.24, 2.45) is 0 Å². The lowest BCUT2D eigenvalue weighted by atomic mass is 9.97. The highest BCUT2D eigenvalue weighted by Gasteiger charge is 2.13. The van der Waals surface area contributed by atoms with Gasteiger partial charge in [-0.1, -0.05) is 12.1 Å². The highest BCUT2D eigenvalue weighted by Crippen LogP contribution is 2.36. The zero-order valence-electron chi connectivity index (χ0n) is 13.1. The van der Waals surface area contributed by atoms with Crippen LogP contribution >= 0.6 is 0 Å². The normalized spacial score (nSPS) is 11.5. The molecule has 0 saturated carbocycles. The Morgan fingerprint density at radius 3 is 2.75 bits per heavy atom. The molecule has 2 N–H and O–H groups in total. The summed E-state index contributed by atoms with van der Waals surface area (Å²) in [4.78, 5) is 3.27. The Morgan fingerprint density at radius 1 is 0.917 bits per heavy atom. The average molecular weight is 313 g/mol. The molecule has 4 nitrogen and oxygen atoms in total. The Morgan fingerprint density at radius 2 is 1.88 bits per heavy atom. The van der Waals surface area contributed by atoms with Gasteiger partial charge in [0.25, 0.3) is 0 Å². The Hall–Kier alpha value is -3.27. The predicted molar refractivity (Wildman–Crippen MR) is 95.8 cm³/mol. The lowest BCUT2D eigenvalue weighted by molar-refractivity contribution is 0.549. The van der Waals surface area contributed by atoms with Crippen molar-refractivity contribution in [1.82, 2.24) is 15.2 Å². The van der Waals surface area contributed by atoms with Crippen LogP contribution in [-0.2, 0) is 0 Å². The number of aromatic amines is 2. The molecule has 0 atom stereocenters. The van der Waals surface area contributed by atoms with Crippen molar-refractivity contribution >= 4 is 21.8 Å². The van der Waals surface area contributed by atoms with Crippen LogP contribution in [0.25, 0.3) is 44.3 Å². The predicted octanol–water partition coefficient (Wildman–Crippen LogP) is 5.28. The van der Waals surface area contributed by atoms with Gasteiger partial charge in [0.05, 0.1) is 11.7 Å². The van der Waals surface area contributed by atoms with Crippen molar-refractivity contribution in [3.8, 4) is 22.5 Å². The summed E-state index contributed by atoms with van der Waals surface area (Å²) < 4.78 is 5.86. The Labute approximate surface area is 138 Å². The number of H-pyrrole nitrogens is 2. The first-order valence-corrected chi connectivity index (χ1v) is 7.90. The number of furan rings is 1. The molecule has 0 aliphatic heterocycles. The average Bonchev–Trinajstić information content (AvgIpc) is 3.33. The van der Waals surface area contributed by atoms with Crippen molar-refractivity contribution < 1.29 is 4.42 Å². The molecule has 3 heterocycles. The summed E-state index contributed by atoms with van der Waals surface area (Å²) in [7, 11) is 0. The maximum absolute atomic E-state index is 5.86. The van der Waals surface area contributed by atoms with Gasteiger partial charge in [-0.15, -0.1) is 0 Å². The number of nitrogens with zero attached hydrogens (tertiary/aromatic N) is 1. The van der Waals surface area contributed by atoms with Crippen LogP contribution in [0, 0.1) is 6.92 Å². The Kier molecular flexibility index (Phi) is 2.67. The first kappa shape index (κ1) is 13.2. The van der Waals surface area contributed by atoms with E-state index < -0.39 is 0 Å². The quantitative estimate of drug-likeness (QED) is 0.466. The van der Waals surface area contributed by atoms with Crippen LogP contribution in [0.3, 0.4) is 0 Å². The summed E-state index contributed by atoms with van der Waals surface area (Å²) in [5, 5.41) is 9.57. The fraction of sp³-hybridized carbons (Fsp3) is 0.0500. The number of nitrogens with one attached hydrogen (secondary N) is 2. The van der Waals surface area contributed by atoms with E-state index in [9.17, 15) is 0 Å². The zero-order chi connectivity index (χ0) is 16.1. The van der Waals surface area contributed by atoms with Crippen LogP contribution in [0.4, 0.5) is 0 Å². The van der Waals surface area contributed by atoms with Gasteiger partial charge in [0.1, 0.15) is 11.5 Å². The van der Waals surface area contributed by atoms with Crippen LogP contribution in [0.15, 0.2) is 65.3 Å². The highest BCUT2D eigenvalue weighted by molar-refractivity contribution is 6.01. The fourth-order valence-corrected chi connectivity index (χ4v) is 3.33. The molecule has 0 radical (unpaired) electrons. The molecule has 5 aromatic rings. The molecule has 0 fully saturated rings. The second-order valence-corrected chi connectivity index (χ2v) is 6.01. The number of aryl methyl sites for hydroxylation is 1. The lowest BCUT2D eigenvalue weighted by Crippen LogP contribution is -1.84. The third-order valence-corrected chi connectivity index (χ3v) is 4.47. The van der Waals surface area contributed by atoms with Crippen LogP contribution < -0.4 is 0 Å². The van der Waals surface area contributed by atoms with E-state index >= 15 is 0 Å². The summed E-state index contributed by atoms with van der Waals surface area (Å²) >= 11 is 0. The number of rotatable bonds is 2. The standard InChI is InChI=1S/C20H15N3O/c1-12-5-6-20(24-12)16-9-13(10-19-17(16)11-22-23-19)14-3-2-4-18-15(14)7-8-21-18/h2-11,21H,1H3,(H,22,23). The van der Waals surface area contributed by atoms with Gasteiger partial charge in [-0.2, -0.15) is 5.10 Å². The molecule has 2 aromatic carbocycles. The molecule has 24 heavy (non-hydrogen) atoms. The summed E-state index contributed by atoms with van der Waals surface area (Å²) in [5.41, 5.74) is 5.52. The summed E-state index contributed by atoms with van der Waals surface area (Å²) in [6.07, 6.45) is 3.82. The van der Waals surface area contributed by atoms with Crippen LogP contribution in [0.5, 0.6) is 0 Å². The monoisotopic (exact) mass is 313 g/mol. The van der Waals surface area contributed by atoms with E-state index in [1.165, 1.54) is 10.9 Å². The number of hydrogen-bond acceptors (Lipinski definition) is 2. The van der Waals surface area contributed by atoms with Gasteiger partial charge in [0.15, 0.2) is 0 Å². The van der Waals surface area contributed by atoms with Gasteiger partial charge < -0.3 is 9.40 Å². The largest absolute Gasteiger partial charge is 0.461 e. The number of benzene rings is 2. The molecule has 0 bridgehead atoms.